The molecule has 0 atom stereocenters. The van der Waals surface area contributed by atoms with Gasteiger partial charge in [0.15, 0.2) is 0 Å². The van der Waals surface area contributed by atoms with Crippen molar-refractivity contribution in [3.8, 4) is 5.75 Å². The molecule has 2 rings (SSSR count). The predicted octanol–water partition coefficient (Wildman–Crippen LogP) is 3.75. The Morgan fingerprint density at radius 2 is 2.04 bits per heavy atom. The van der Waals surface area contributed by atoms with Gasteiger partial charge in [0.25, 0.3) is 5.91 Å². The van der Waals surface area contributed by atoms with Crippen LogP contribution in [0.2, 0.25) is 10.0 Å². The van der Waals surface area contributed by atoms with Crippen LogP contribution in [0.5, 0.6) is 5.75 Å². The molecule has 2 aromatic rings. The number of rotatable bonds is 6. The predicted molar refractivity (Wildman–Crippen MR) is 98.9 cm³/mol. The molecular weight excluding hydrogens is 387 g/mol. The fraction of sp³-hybridized carbons (Fsp3) is 0.250. The lowest BCUT2D eigenvalue weighted by molar-refractivity contribution is 0.0525. The van der Waals surface area contributed by atoms with Gasteiger partial charge in [-0.1, -0.05) is 23.2 Å². The second-order valence-corrected chi connectivity index (χ2v) is 6.71. The average molecular weight is 403 g/mol. The van der Waals surface area contributed by atoms with Crippen molar-refractivity contribution in [2.75, 3.05) is 19.4 Å². The van der Waals surface area contributed by atoms with Gasteiger partial charge in [0, 0.05) is 23.7 Å². The third-order valence-corrected chi connectivity index (χ3v) is 4.82. The number of benzene rings is 1. The maximum absolute atomic E-state index is 12.2. The van der Waals surface area contributed by atoms with Crippen molar-refractivity contribution in [2.45, 2.75) is 13.5 Å². The summed E-state index contributed by atoms with van der Waals surface area (Å²) < 4.78 is 10.7. The number of nitrogen functional groups attached to an aromatic ring is 1. The number of esters is 1. The van der Waals surface area contributed by atoms with Crippen LogP contribution in [0.25, 0.3) is 0 Å². The number of hydrogen-bond acceptors (Lipinski definition) is 6. The largest absolute Gasteiger partial charge is 0.487 e. The van der Waals surface area contributed by atoms with Crippen LogP contribution in [0, 0.1) is 0 Å². The molecule has 3 N–H and O–H groups in total. The number of ether oxygens (including phenoxy) is 2. The number of halogens is 2. The summed E-state index contributed by atoms with van der Waals surface area (Å²) in [5.74, 6) is -0.651. The molecule has 0 aliphatic carbocycles. The third kappa shape index (κ3) is 4.36. The maximum Gasteiger partial charge on any atom is 0.341 e. The first kappa shape index (κ1) is 19.4. The summed E-state index contributed by atoms with van der Waals surface area (Å²) >= 11 is 13.0. The van der Waals surface area contributed by atoms with Gasteiger partial charge in [-0.3, -0.25) is 4.79 Å². The number of carbonyl (C=O) groups excluding carboxylic acids is 2. The Balaban J connectivity index is 2.41. The fourth-order valence-electron chi connectivity index (χ4n) is 2.08. The van der Waals surface area contributed by atoms with Crippen molar-refractivity contribution in [1.82, 2.24) is 5.32 Å². The average Bonchev–Trinajstić information content (AvgIpc) is 2.91. The van der Waals surface area contributed by atoms with E-state index in [1.807, 2.05) is 0 Å². The summed E-state index contributed by atoms with van der Waals surface area (Å²) in [6.45, 7) is 1.77. The highest BCUT2D eigenvalue weighted by Gasteiger charge is 2.27. The summed E-state index contributed by atoms with van der Waals surface area (Å²) in [5.41, 5.74) is 6.40. The van der Waals surface area contributed by atoms with Crippen LogP contribution in [-0.2, 0) is 11.3 Å². The first-order chi connectivity index (χ1) is 11.9. The summed E-state index contributed by atoms with van der Waals surface area (Å²) in [6.07, 6.45) is 0. The molecule has 1 aromatic heterocycles. The van der Waals surface area contributed by atoms with E-state index in [1.54, 1.807) is 25.1 Å². The van der Waals surface area contributed by atoms with Gasteiger partial charge in [-0.2, -0.15) is 0 Å². The van der Waals surface area contributed by atoms with Crippen molar-refractivity contribution in [3.05, 3.63) is 44.2 Å². The van der Waals surface area contributed by atoms with Crippen molar-refractivity contribution in [1.29, 1.82) is 0 Å². The molecule has 0 saturated carbocycles. The zero-order chi connectivity index (χ0) is 18.6. The van der Waals surface area contributed by atoms with E-state index in [9.17, 15) is 9.59 Å². The van der Waals surface area contributed by atoms with Crippen LogP contribution in [0.15, 0.2) is 18.2 Å². The Morgan fingerprint density at radius 3 is 2.68 bits per heavy atom. The van der Waals surface area contributed by atoms with Crippen LogP contribution in [-0.4, -0.2) is 25.5 Å². The number of nitrogens with two attached hydrogens (primary N) is 1. The van der Waals surface area contributed by atoms with Crippen molar-refractivity contribution >= 4 is 51.4 Å². The molecule has 0 aliphatic heterocycles. The van der Waals surface area contributed by atoms with E-state index in [0.717, 1.165) is 11.3 Å². The minimum Gasteiger partial charge on any atom is -0.487 e. The van der Waals surface area contributed by atoms with Gasteiger partial charge in [0.2, 0.25) is 0 Å². The highest BCUT2D eigenvalue weighted by Crippen LogP contribution is 2.34. The molecule has 25 heavy (non-hydrogen) atoms. The van der Waals surface area contributed by atoms with Gasteiger partial charge in [-0.25, -0.2) is 4.79 Å². The van der Waals surface area contributed by atoms with E-state index in [0.29, 0.717) is 21.4 Å². The molecule has 0 unspecified atom stereocenters. The molecule has 0 aliphatic rings. The highest BCUT2D eigenvalue weighted by atomic mass is 35.5. The molecule has 0 bridgehead atoms. The van der Waals surface area contributed by atoms with Gasteiger partial charge < -0.3 is 20.5 Å². The number of amides is 1. The summed E-state index contributed by atoms with van der Waals surface area (Å²) in [4.78, 5) is 24.6. The first-order valence-electron chi connectivity index (χ1n) is 7.27. The molecular formula is C16H16Cl2N2O4S. The summed E-state index contributed by atoms with van der Waals surface area (Å²) in [7, 11) is 1.49. The fourth-order valence-corrected chi connectivity index (χ4v) is 3.43. The number of anilines is 1. The Kier molecular flexibility index (Phi) is 6.52. The Labute approximate surface area is 158 Å². The molecule has 0 spiro atoms. The molecule has 134 valence electrons. The molecule has 0 radical (unpaired) electrons. The van der Waals surface area contributed by atoms with Crippen molar-refractivity contribution in [2.24, 2.45) is 0 Å². The smallest absolute Gasteiger partial charge is 0.341 e. The first-order valence-corrected chi connectivity index (χ1v) is 8.84. The minimum atomic E-state index is -0.609. The number of carbonyl (C=O) groups is 2. The Bertz CT molecular complexity index is 808. The Hall–Kier alpha value is -1.96. The lowest BCUT2D eigenvalue weighted by Gasteiger charge is -2.11. The van der Waals surface area contributed by atoms with Crippen LogP contribution in [0.1, 0.15) is 32.5 Å². The number of hydrogen-bond donors (Lipinski definition) is 2. The zero-order valence-electron chi connectivity index (χ0n) is 13.5. The number of nitrogens with one attached hydrogen (secondary N) is 1. The summed E-state index contributed by atoms with van der Waals surface area (Å²) in [6, 6.07) is 4.76. The lowest BCUT2D eigenvalue weighted by atomic mass is 10.1. The standard InChI is InChI=1S/C16H16Cl2N2O4S/c1-3-23-16(22)12-9(13(15(21)20-2)25-14(12)19)7-24-11-6-8(17)4-5-10(11)18/h4-6H,3,7,19H2,1-2H3,(H,20,21). The summed E-state index contributed by atoms with van der Waals surface area (Å²) in [5, 5.41) is 3.50. The van der Waals surface area contributed by atoms with E-state index in [-0.39, 0.29) is 34.6 Å². The highest BCUT2D eigenvalue weighted by molar-refractivity contribution is 7.18. The van der Waals surface area contributed by atoms with Crippen LogP contribution in [0.3, 0.4) is 0 Å². The van der Waals surface area contributed by atoms with Gasteiger partial charge in [-0.05, 0) is 19.1 Å². The van der Waals surface area contributed by atoms with Crippen molar-refractivity contribution in [3.63, 3.8) is 0 Å². The van der Waals surface area contributed by atoms with Gasteiger partial charge in [0.1, 0.15) is 27.8 Å². The molecule has 1 aromatic carbocycles. The van der Waals surface area contributed by atoms with E-state index in [2.05, 4.69) is 5.32 Å². The molecule has 9 heteroatoms. The molecule has 0 fully saturated rings. The van der Waals surface area contributed by atoms with Crippen molar-refractivity contribution < 1.29 is 19.1 Å². The van der Waals surface area contributed by atoms with Crippen LogP contribution < -0.4 is 15.8 Å². The monoisotopic (exact) mass is 402 g/mol. The van der Waals surface area contributed by atoms with E-state index in [4.69, 9.17) is 38.4 Å². The second-order valence-electron chi connectivity index (χ2n) is 4.81. The molecule has 1 heterocycles. The molecule has 1 amide bonds. The normalized spacial score (nSPS) is 10.4. The quantitative estimate of drug-likeness (QED) is 0.717. The Morgan fingerprint density at radius 1 is 1.32 bits per heavy atom. The van der Waals surface area contributed by atoms with Gasteiger partial charge >= 0.3 is 5.97 Å². The topological polar surface area (TPSA) is 90.7 Å². The maximum atomic E-state index is 12.2. The van der Waals surface area contributed by atoms with Gasteiger partial charge in [0.05, 0.1) is 11.6 Å². The SMILES string of the molecule is CCOC(=O)c1c(N)sc(C(=O)NC)c1COc1cc(Cl)ccc1Cl. The van der Waals surface area contributed by atoms with E-state index in [1.165, 1.54) is 7.05 Å². The zero-order valence-corrected chi connectivity index (χ0v) is 15.8. The van der Waals surface area contributed by atoms with Crippen LogP contribution in [0.4, 0.5) is 5.00 Å². The minimum absolute atomic E-state index is 0.0926. The van der Waals surface area contributed by atoms with E-state index < -0.39 is 5.97 Å². The van der Waals surface area contributed by atoms with Crippen LogP contribution >= 0.6 is 34.5 Å². The molecule has 0 saturated heterocycles. The van der Waals surface area contributed by atoms with Gasteiger partial charge in [-0.15, -0.1) is 11.3 Å². The number of thiophene rings is 1. The lowest BCUT2D eigenvalue weighted by Crippen LogP contribution is -2.19. The second kappa shape index (κ2) is 8.42. The molecule has 6 nitrogen and oxygen atoms in total. The van der Waals surface area contributed by atoms with E-state index >= 15 is 0 Å². The third-order valence-electron chi connectivity index (χ3n) is 3.21.